The predicted octanol–water partition coefficient (Wildman–Crippen LogP) is 3.34. The Morgan fingerprint density at radius 2 is 1.95 bits per heavy atom. The minimum atomic E-state index is 0.711. The van der Waals surface area contributed by atoms with Crippen LogP contribution in [0.25, 0.3) is 0 Å². The number of nitrogens with zero attached hydrogens (tertiary/aromatic N) is 1. The second kappa shape index (κ2) is 5.94. The largest absolute Gasteiger partial charge is 0.316 e. The zero-order chi connectivity index (χ0) is 13.2. The highest BCUT2D eigenvalue weighted by molar-refractivity contribution is 9.10. The van der Waals surface area contributed by atoms with Crippen LogP contribution < -0.4 is 5.32 Å². The second-order valence-corrected chi connectivity index (χ2v) is 6.90. The molecule has 2 aliphatic heterocycles. The van der Waals surface area contributed by atoms with Crippen molar-refractivity contribution in [1.82, 2.24) is 10.2 Å². The molecule has 0 amide bonds. The zero-order valence-electron chi connectivity index (χ0n) is 11.7. The molecule has 2 heterocycles. The lowest BCUT2D eigenvalue weighted by atomic mass is 9.88. The molecular weight excluding hydrogens is 300 g/mol. The van der Waals surface area contributed by atoms with Crippen LogP contribution in [-0.2, 0) is 0 Å². The lowest BCUT2D eigenvalue weighted by Gasteiger charge is -2.30. The van der Waals surface area contributed by atoms with E-state index in [1.165, 1.54) is 54.5 Å². The van der Waals surface area contributed by atoms with Gasteiger partial charge in [0.05, 0.1) is 0 Å². The van der Waals surface area contributed by atoms with Crippen molar-refractivity contribution in [3.05, 3.63) is 33.8 Å². The van der Waals surface area contributed by atoms with Gasteiger partial charge in [-0.15, -0.1) is 0 Å². The van der Waals surface area contributed by atoms with E-state index in [2.05, 4.69) is 51.4 Å². The molecule has 1 aromatic carbocycles. The molecule has 3 rings (SSSR count). The van der Waals surface area contributed by atoms with Crippen LogP contribution in [0.5, 0.6) is 0 Å². The fraction of sp³-hybridized carbons (Fsp3) is 0.625. The van der Waals surface area contributed by atoms with Gasteiger partial charge < -0.3 is 10.2 Å². The van der Waals surface area contributed by atoms with Gasteiger partial charge in [0.25, 0.3) is 0 Å². The van der Waals surface area contributed by atoms with Crippen LogP contribution in [0.3, 0.4) is 0 Å². The second-order valence-electron chi connectivity index (χ2n) is 6.05. The van der Waals surface area contributed by atoms with Gasteiger partial charge in [0, 0.05) is 11.0 Å². The molecule has 1 atom stereocenters. The number of hydrogen-bond acceptors (Lipinski definition) is 2. The SMILES string of the molecule is CN1CCC(c2ccc(C3CCNC3)cc2Br)CC1. The van der Waals surface area contributed by atoms with E-state index in [9.17, 15) is 0 Å². The summed E-state index contributed by atoms with van der Waals surface area (Å²) in [5.41, 5.74) is 3.01. The topological polar surface area (TPSA) is 15.3 Å². The molecule has 3 heteroatoms. The zero-order valence-corrected chi connectivity index (χ0v) is 13.2. The van der Waals surface area contributed by atoms with E-state index in [1.54, 1.807) is 0 Å². The standard InChI is InChI=1S/C16H23BrN2/c1-19-8-5-12(6-9-19)15-3-2-13(10-16(15)17)14-4-7-18-11-14/h2-3,10,12,14,18H,4-9,11H2,1H3. The molecule has 2 nitrogen and oxygen atoms in total. The van der Waals surface area contributed by atoms with E-state index in [-0.39, 0.29) is 0 Å². The number of hydrogen-bond donors (Lipinski definition) is 1. The summed E-state index contributed by atoms with van der Waals surface area (Å²) in [7, 11) is 2.22. The van der Waals surface area contributed by atoms with E-state index in [1.807, 2.05) is 0 Å². The summed E-state index contributed by atoms with van der Waals surface area (Å²) in [6.45, 7) is 4.76. The Labute approximate surface area is 124 Å². The molecule has 0 spiro atoms. The number of benzene rings is 1. The Balaban J connectivity index is 1.75. The van der Waals surface area contributed by atoms with Crippen LogP contribution in [0.2, 0.25) is 0 Å². The van der Waals surface area contributed by atoms with Gasteiger partial charge in [-0.3, -0.25) is 0 Å². The number of rotatable bonds is 2. The van der Waals surface area contributed by atoms with Gasteiger partial charge in [-0.2, -0.15) is 0 Å². The minimum absolute atomic E-state index is 0.711. The van der Waals surface area contributed by atoms with Crippen molar-refractivity contribution in [3.8, 4) is 0 Å². The van der Waals surface area contributed by atoms with Crippen molar-refractivity contribution in [2.24, 2.45) is 0 Å². The van der Waals surface area contributed by atoms with Crippen molar-refractivity contribution in [2.75, 3.05) is 33.2 Å². The maximum absolute atomic E-state index is 3.81. The van der Waals surface area contributed by atoms with Crippen molar-refractivity contribution >= 4 is 15.9 Å². The summed E-state index contributed by atoms with van der Waals surface area (Å²) in [5.74, 6) is 1.45. The van der Waals surface area contributed by atoms with Gasteiger partial charge in [0.15, 0.2) is 0 Å². The van der Waals surface area contributed by atoms with Crippen LogP contribution >= 0.6 is 15.9 Å². The number of piperidine rings is 1. The summed E-state index contributed by atoms with van der Waals surface area (Å²) < 4.78 is 1.33. The van der Waals surface area contributed by atoms with Crippen molar-refractivity contribution in [1.29, 1.82) is 0 Å². The smallest absolute Gasteiger partial charge is 0.0212 e. The molecule has 104 valence electrons. The molecule has 0 aliphatic carbocycles. The molecule has 0 bridgehead atoms. The minimum Gasteiger partial charge on any atom is -0.316 e. The molecule has 2 aliphatic rings. The van der Waals surface area contributed by atoms with Crippen LogP contribution in [0.4, 0.5) is 0 Å². The predicted molar refractivity (Wildman–Crippen MR) is 83.8 cm³/mol. The van der Waals surface area contributed by atoms with E-state index < -0.39 is 0 Å². The monoisotopic (exact) mass is 322 g/mol. The third-order valence-corrected chi connectivity index (χ3v) is 5.40. The normalized spacial score (nSPS) is 25.9. The first-order chi connectivity index (χ1) is 9.24. The average molecular weight is 323 g/mol. The summed E-state index contributed by atoms with van der Waals surface area (Å²) in [6, 6.07) is 7.09. The lowest BCUT2D eigenvalue weighted by Crippen LogP contribution is -2.29. The average Bonchev–Trinajstić information content (AvgIpc) is 2.94. The molecule has 19 heavy (non-hydrogen) atoms. The Hall–Kier alpha value is -0.380. The van der Waals surface area contributed by atoms with E-state index in [0.29, 0.717) is 5.92 Å². The molecule has 0 aromatic heterocycles. The van der Waals surface area contributed by atoms with Gasteiger partial charge in [-0.1, -0.05) is 28.1 Å². The maximum Gasteiger partial charge on any atom is 0.0212 e. The molecule has 1 N–H and O–H groups in total. The number of halogens is 1. The number of nitrogens with one attached hydrogen (secondary N) is 1. The van der Waals surface area contributed by atoms with E-state index in [4.69, 9.17) is 0 Å². The summed E-state index contributed by atoms with van der Waals surface area (Å²) in [5, 5.41) is 3.45. The van der Waals surface area contributed by atoms with Crippen LogP contribution in [0.1, 0.15) is 42.2 Å². The first-order valence-electron chi connectivity index (χ1n) is 7.42. The highest BCUT2D eigenvalue weighted by Gasteiger charge is 2.22. The van der Waals surface area contributed by atoms with Crippen LogP contribution in [0, 0.1) is 0 Å². The Morgan fingerprint density at radius 1 is 1.16 bits per heavy atom. The molecule has 0 saturated carbocycles. The third kappa shape index (κ3) is 3.04. The number of likely N-dealkylation sites (tertiary alicyclic amines) is 1. The Kier molecular flexibility index (Phi) is 4.25. The first kappa shape index (κ1) is 13.6. The van der Waals surface area contributed by atoms with Crippen molar-refractivity contribution in [3.63, 3.8) is 0 Å². The van der Waals surface area contributed by atoms with E-state index >= 15 is 0 Å². The highest BCUT2D eigenvalue weighted by Crippen LogP contribution is 2.35. The Morgan fingerprint density at radius 3 is 2.58 bits per heavy atom. The van der Waals surface area contributed by atoms with Gasteiger partial charge >= 0.3 is 0 Å². The molecule has 1 unspecified atom stereocenters. The third-order valence-electron chi connectivity index (χ3n) is 4.71. The van der Waals surface area contributed by atoms with E-state index in [0.717, 1.165) is 12.5 Å². The van der Waals surface area contributed by atoms with Crippen LogP contribution in [0.15, 0.2) is 22.7 Å². The fourth-order valence-electron chi connectivity index (χ4n) is 3.39. The molecule has 2 saturated heterocycles. The van der Waals surface area contributed by atoms with Crippen molar-refractivity contribution < 1.29 is 0 Å². The quantitative estimate of drug-likeness (QED) is 0.898. The van der Waals surface area contributed by atoms with Gasteiger partial charge in [-0.05, 0) is 75.0 Å². The summed E-state index contributed by atoms with van der Waals surface area (Å²) in [4.78, 5) is 2.43. The lowest BCUT2D eigenvalue weighted by molar-refractivity contribution is 0.255. The van der Waals surface area contributed by atoms with Gasteiger partial charge in [0.1, 0.15) is 0 Å². The molecule has 1 aromatic rings. The first-order valence-corrected chi connectivity index (χ1v) is 8.22. The summed E-state index contributed by atoms with van der Waals surface area (Å²) in [6.07, 6.45) is 3.86. The maximum atomic E-state index is 3.81. The van der Waals surface area contributed by atoms with Gasteiger partial charge in [-0.25, -0.2) is 0 Å². The molecule has 0 radical (unpaired) electrons. The van der Waals surface area contributed by atoms with Crippen molar-refractivity contribution in [2.45, 2.75) is 31.1 Å². The Bertz CT molecular complexity index is 432. The van der Waals surface area contributed by atoms with Gasteiger partial charge in [0.2, 0.25) is 0 Å². The fourth-order valence-corrected chi connectivity index (χ4v) is 4.11. The molecular formula is C16H23BrN2. The highest BCUT2D eigenvalue weighted by atomic mass is 79.9. The summed E-state index contributed by atoms with van der Waals surface area (Å²) >= 11 is 3.81. The van der Waals surface area contributed by atoms with Crippen LogP contribution in [-0.4, -0.2) is 38.1 Å². The molecule has 2 fully saturated rings.